The number of nitrogens with two attached hydrogens (primary N) is 1. The van der Waals surface area contributed by atoms with E-state index in [0.717, 1.165) is 5.69 Å². The fraction of sp³-hybridized carbons (Fsp3) is 0.500. The first-order chi connectivity index (χ1) is 9.86. The van der Waals surface area contributed by atoms with Gasteiger partial charge in [0.15, 0.2) is 0 Å². The second-order valence-electron chi connectivity index (χ2n) is 5.79. The lowest BCUT2D eigenvalue weighted by atomic mass is 10.1. The highest BCUT2D eigenvalue weighted by Gasteiger charge is 2.06. The molecule has 0 fully saturated rings. The molecule has 1 rings (SSSR count). The Morgan fingerprint density at radius 2 is 1.45 bits per heavy atom. The Kier molecular flexibility index (Phi) is 9.45. The lowest BCUT2D eigenvalue weighted by Gasteiger charge is -2.09. The number of halogens is 1. The molecule has 0 saturated heterocycles. The van der Waals surface area contributed by atoms with Crippen molar-refractivity contribution < 1.29 is 9.59 Å². The van der Waals surface area contributed by atoms with Gasteiger partial charge in [0.25, 0.3) is 0 Å². The van der Waals surface area contributed by atoms with Gasteiger partial charge in [-0.05, 0) is 43.5 Å². The maximum Gasteiger partial charge on any atom is 0.224 e. The van der Waals surface area contributed by atoms with E-state index in [4.69, 9.17) is 5.73 Å². The number of amides is 2. The van der Waals surface area contributed by atoms with E-state index in [1.807, 2.05) is 20.8 Å². The standard InChI is InChI=1S/C16H25N3O2.ClH/c1-11(2)10-16(21)19-14-7-5-13(6-8-14)18-15(20)9-4-12(3)17;/h5-8,11-12H,4,9-10,17H2,1-3H3,(H,18,20)(H,19,21);1H. The first-order valence-electron chi connectivity index (χ1n) is 7.32. The van der Waals surface area contributed by atoms with Crippen LogP contribution in [0.15, 0.2) is 24.3 Å². The van der Waals surface area contributed by atoms with Crippen molar-refractivity contribution in [1.29, 1.82) is 0 Å². The normalized spacial score (nSPS) is 11.5. The van der Waals surface area contributed by atoms with Gasteiger partial charge in [-0.15, -0.1) is 12.4 Å². The quantitative estimate of drug-likeness (QED) is 0.719. The summed E-state index contributed by atoms with van der Waals surface area (Å²) in [5, 5.41) is 5.63. The third kappa shape index (κ3) is 8.64. The molecule has 0 radical (unpaired) electrons. The Balaban J connectivity index is 0.00000441. The molecule has 0 aliphatic carbocycles. The molecule has 5 nitrogen and oxygen atoms in total. The number of rotatable bonds is 7. The van der Waals surface area contributed by atoms with Crippen LogP contribution in [0, 0.1) is 5.92 Å². The Bertz CT molecular complexity index is 473. The Labute approximate surface area is 138 Å². The summed E-state index contributed by atoms with van der Waals surface area (Å²) in [5.74, 6) is 0.274. The van der Waals surface area contributed by atoms with Gasteiger partial charge < -0.3 is 16.4 Å². The molecule has 0 aromatic heterocycles. The monoisotopic (exact) mass is 327 g/mol. The Morgan fingerprint density at radius 3 is 1.86 bits per heavy atom. The van der Waals surface area contributed by atoms with Crippen LogP contribution in [-0.4, -0.2) is 17.9 Å². The lowest BCUT2D eigenvalue weighted by Crippen LogP contribution is -2.19. The number of hydrogen-bond donors (Lipinski definition) is 3. The highest BCUT2D eigenvalue weighted by molar-refractivity contribution is 5.93. The summed E-state index contributed by atoms with van der Waals surface area (Å²) in [6, 6.07) is 7.12. The summed E-state index contributed by atoms with van der Waals surface area (Å²) < 4.78 is 0. The highest BCUT2D eigenvalue weighted by atomic mass is 35.5. The summed E-state index contributed by atoms with van der Waals surface area (Å²) in [5.41, 5.74) is 7.06. The fourth-order valence-electron chi connectivity index (χ4n) is 1.80. The van der Waals surface area contributed by atoms with Gasteiger partial charge in [0.2, 0.25) is 11.8 Å². The van der Waals surface area contributed by atoms with Gasteiger partial charge in [-0.1, -0.05) is 13.8 Å². The van der Waals surface area contributed by atoms with Gasteiger partial charge in [0.1, 0.15) is 0 Å². The molecule has 1 unspecified atom stereocenters. The van der Waals surface area contributed by atoms with Gasteiger partial charge in [-0.3, -0.25) is 9.59 Å². The van der Waals surface area contributed by atoms with Crippen molar-refractivity contribution in [3.63, 3.8) is 0 Å². The third-order valence-electron chi connectivity index (χ3n) is 2.87. The van der Waals surface area contributed by atoms with Crippen molar-refractivity contribution in [2.24, 2.45) is 11.7 Å². The van der Waals surface area contributed by atoms with Gasteiger partial charge in [-0.2, -0.15) is 0 Å². The van der Waals surface area contributed by atoms with Gasteiger partial charge in [0.05, 0.1) is 0 Å². The molecule has 6 heteroatoms. The second kappa shape index (κ2) is 10.2. The molecule has 1 atom stereocenters. The number of hydrogen-bond acceptors (Lipinski definition) is 3. The van der Waals surface area contributed by atoms with Crippen molar-refractivity contribution in [2.45, 2.75) is 46.1 Å². The molecular weight excluding hydrogens is 302 g/mol. The van der Waals surface area contributed by atoms with Crippen LogP contribution in [0.2, 0.25) is 0 Å². The minimum Gasteiger partial charge on any atom is -0.328 e. The minimum absolute atomic E-state index is 0. The number of nitrogens with one attached hydrogen (secondary N) is 2. The number of anilines is 2. The molecule has 0 saturated carbocycles. The topological polar surface area (TPSA) is 84.2 Å². The van der Waals surface area contributed by atoms with E-state index in [2.05, 4.69) is 10.6 Å². The molecule has 4 N–H and O–H groups in total. The third-order valence-corrected chi connectivity index (χ3v) is 2.87. The van der Waals surface area contributed by atoms with E-state index < -0.39 is 0 Å². The van der Waals surface area contributed by atoms with E-state index in [1.165, 1.54) is 0 Å². The van der Waals surface area contributed by atoms with Gasteiger partial charge >= 0.3 is 0 Å². The zero-order chi connectivity index (χ0) is 15.8. The smallest absolute Gasteiger partial charge is 0.224 e. The van der Waals surface area contributed by atoms with Gasteiger partial charge in [0, 0.05) is 30.3 Å². The molecule has 0 bridgehead atoms. The first kappa shape index (κ1) is 20.4. The number of carbonyl (C=O) groups excluding carboxylic acids is 2. The average Bonchev–Trinajstić information content (AvgIpc) is 2.37. The van der Waals surface area contributed by atoms with Crippen LogP contribution in [0.3, 0.4) is 0 Å². The zero-order valence-corrected chi connectivity index (χ0v) is 14.2. The van der Waals surface area contributed by atoms with Crippen LogP contribution in [0.25, 0.3) is 0 Å². The average molecular weight is 328 g/mol. The predicted molar refractivity (Wildman–Crippen MR) is 93.3 cm³/mol. The molecule has 0 aliphatic rings. The van der Waals surface area contributed by atoms with E-state index in [1.54, 1.807) is 24.3 Å². The summed E-state index contributed by atoms with van der Waals surface area (Å²) in [6.45, 7) is 5.88. The minimum atomic E-state index is -0.0520. The molecule has 2 amide bonds. The maximum atomic E-state index is 11.7. The first-order valence-corrected chi connectivity index (χ1v) is 7.32. The van der Waals surface area contributed by atoms with Crippen LogP contribution in [0.1, 0.15) is 40.0 Å². The number of benzene rings is 1. The van der Waals surface area contributed by atoms with Crippen LogP contribution < -0.4 is 16.4 Å². The van der Waals surface area contributed by atoms with Crippen molar-refractivity contribution in [1.82, 2.24) is 0 Å². The van der Waals surface area contributed by atoms with Crippen molar-refractivity contribution in [2.75, 3.05) is 10.6 Å². The van der Waals surface area contributed by atoms with E-state index >= 15 is 0 Å². The van der Waals surface area contributed by atoms with E-state index in [9.17, 15) is 9.59 Å². The molecule has 1 aromatic rings. The summed E-state index contributed by atoms with van der Waals surface area (Å²) >= 11 is 0. The van der Waals surface area contributed by atoms with E-state index in [0.29, 0.717) is 30.9 Å². The largest absolute Gasteiger partial charge is 0.328 e. The molecule has 124 valence electrons. The van der Waals surface area contributed by atoms with Gasteiger partial charge in [-0.25, -0.2) is 0 Å². The van der Waals surface area contributed by atoms with Crippen LogP contribution in [0.5, 0.6) is 0 Å². The lowest BCUT2D eigenvalue weighted by molar-refractivity contribution is -0.117. The van der Waals surface area contributed by atoms with Crippen molar-refractivity contribution >= 4 is 35.6 Å². The Morgan fingerprint density at radius 1 is 1.00 bits per heavy atom. The molecule has 1 aromatic carbocycles. The van der Waals surface area contributed by atoms with E-state index in [-0.39, 0.29) is 30.3 Å². The highest BCUT2D eigenvalue weighted by Crippen LogP contribution is 2.15. The number of carbonyl (C=O) groups is 2. The van der Waals surface area contributed by atoms with Crippen LogP contribution in [-0.2, 0) is 9.59 Å². The predicted octanol–water partition coefficient (Wildman–Crippen LogP) is 3.16. The zero-order valence-electron chi connectivity index (χ0n) is 13.4. The Hall–Kier alpha value is -1.59. The molecule has 0 heterocycles. The van der Waals surface area contributed by atoms with Crippen LogP contribution in [0.4, 0.5) is 11.4 Å². The maximum absolute atomic E-state index is 11.7. The van der Waals surface area contributed by atoms with Crippen LogP contribution >= 0.6 is 12.4 Å². The molecular formula is C16H26ClN3O2. The second-order valence-corrected chi connectivity index (χ2v) is 5.79. The molecule has 0 aliphatic heterocycles. The fourth-order valence-corrected chi connectivity index (χ4v) is 1.80. The summed E-state index contributed by atoms with van der Waals surface area (Å²) in [7, 11) is 0. The van der Waals surface area contributed by atoms with Crippen molar-refractivity contribution in [3.8, 4) is 0 Å². The van der Waals surface area contributed by atoms with Crippen molar-refractivity contribution in [3.05, 3.63) is 24.3 Å². The molecule has 22 heavy (non-hydrogen) atoms. The SMILES string of the molecule is CC(C)CC(=O)Nc1ccc(NC(=O)CCC(C)N)cc1.Cl. The molecule has 0 spiro atoms. The summed E-state index contributed by atoms with van der Waals surface area (Å²) in [6.07, 6.45) is 1.56. The summed E-state index contributed by atoms with van der Waals surface area (Å²) in [4.78, 5) is 23.3.